The third-order valence-corrected chi connectivity index (χ3v) is 3.05. The van der Waals surface area contributed by atoms with Gasteiger partial charge in [0.25, 0.3) is 0 Å². The Kier molecular flexibility index (Phi) is 4.34. The van der Waals surface area contributed by atoms with Crippen molar-refractivity contribution in [1.82, 2.24) is 0 Å². The van der Waals surface area contributed by atoms with E-state index < -0.39 is 0 Å². The number of ether oxygens (including phenoxy) is 1. The second-order valence-electron chi connectivity index (χ2n) is 3.84. The maximum atomic E-state index is 5.84. The van der Waals surface area contributed by atoms with Gasteiger partial charge in [0.1, 0.15) is 0 Å². The van der Waals surface area contributed by atoms with E-state index in [9.17, 15) is 0 Å². The van der Waals surface area contributed by atoms with Gasteiger partial charge in [-0.2, -0.15) is 0 Å². The second kappa shape index (κ2) is 5.32. The third kappa shape index (κ3) is 2.40. The molecule has 0 fully saturated rings. The molecule has 1 heteroatoms. The van der Waals surface area contributed by atoms with Gasteiger partial charge >= 0.3 is 0 Å². The van der Waals surface area contributed by atoms with Gasteiger partial charge in [0.2, 0.25) is 0 Å². The topological polar surface area (TPSA) is 9.23 Å². The normalized spacial score (nSPS) is 23.7. The van der Waals surface area contributed by atoms with Crippen LogP contribution in [0.15, 0.2) is 24.3 Å². The SMILES string of the molecule is CC.CCC1(C)OCCc2ccccc21. The summed E-state index contributed by atoms with van der Waals surface area (Å²) in [6, 6.07) is 8.62. The van der Waals surface area contributed by atoms with Crippen LogP contribution in [0.5, 0.6) is 0 Å². The molecule has 1 aromatic carbocycles. The van der Waals surface area contributed by atoms with E-state index in [1.807, 2.05) is 13.8 Å². The maximum Gasteiger partial charge on any atom is 0.0903 e. The van der Waals surface area contributed by atoms with Crippen LogP contribution in [0.3, 0.4) is 0 Å². The van der Waals surface area contributed by atoms with Crippen molar-refractivity contribution in [2.24, 2.45) is 0 Å². The summed E-state index contributed by atoms with van der Waals surface area (Å²) in [7, 11) is 0. The largest absolute Gasteiger partial charge is 0.370 e. The maximum absolute atomic E-state index is 5.84. The van der Waals surface area contributed by atoms with E-state index in [0.29, 0.717) is 0 Å². The summed E-state index contributed by atoms with van der Waals surface area (Å²) in [5.74, 6) is 0. The Bertz CT molecular complexity index is 306. The second-order valence-corrected chi connectivity index (χ2v) is 3.84. The van der Waals surface area contributed by atoms with Gasteiger partial charge in [0.05, 0.1) is 12.2 Å². The lowest BCUT2D eigenvalue weighted by atomic mass is 9.86. The highest BCUT2D eigenvalue weighted by atomic mass is 16.5. The molecule has 1 aliphatic rings. The van der Waals surface area contributed by atoms with Crippen LogP contribution in [0.2, 0.25) is 0 Å². The van der Waals surface area contributed by atoms with Crippen molar-refractivity contribution in [3.05, 3.63) is 35.4 Å². The number of rotatable bonds is 1. The summed E-state index contributed by atoms with van der Waals surface area (Å²) in [4.78, 5) is 0. The lowest BCUT2D eigenvalue weighted by Gasteiger charge is -2.35. The van der Waals surface area contributed by atoms with Crippen molar-refractivity contribution in [3.63, 3.8) is 0 Å². The first-order valence-corrected chi connectivity index (χ1v) is 5.98. The third-order valence-electron chi connectivity index (χ3n) is 3.05. The summed E-state index contributed by atoms with van der Waals surface area (Å²) in [6.45, 7) is 9.23. The zero-order valence-corrected chi connectivity index (χ0v) is 10.3. The molecule has 1 nitrogen and oxygen atoms in total. The van der Waals surface area contributed by atoms with Gasteiger partial charge in [-0.15, -0.1) is 0 Å². The first-order chi connectivity index (χ1) is 7.26. The van der Waals surface area contributed by atoms with E-state index >= 15 is 0 Å². The van der Waals surface area contributed by atoms with Crippen LogP contribution in [-0.4, -0.2) is 6.61 Å². The number of benzene rings is 1. The van der Waals surface area contributed by atoms with Crippen molar-refractivity contribution < 1.29 is 4.74 Å². The van der Waals surface area contributed by atoms with E-state index in [2.05, 4.69) is 38.1 Å². The molecule has 0 radical (unpaired) electrons. The van der Waals surface area contributed by atoms with Crippen molar-refractivity contribution in [2.75, 3.05) is 6.61 Å². The summed E-state index contributed by atoms with van der Waals surface area (Å²) >= 11 is 0. The summed E-state index contributed by atoms with van der Waals surface area (Å²) < 4.78 is 5.84. The molecule has 1 aliphatic heterocycles. The molecule has 0 N–H and O–H groups in total. The Labute approximate surface area is 93.5 Å². The van der Waals surface area contributed by atoms with Crippen molar-refractivity contribution in [3.8, 4) is 0 Å². The summed E-state index contributed by atoms with van der Waals surface area (Å²) in [6.07, 6.45) is 2.11. The van der Waals surface area contributed by atoms with Crippen LogP contribution in [0, 0.1) is 0 Å². The fraction of sp³-hybridized carbons (Fsp3) is 0.571. The predicted octanol–water partition coefficient (Wildman–Crippen LogP) is 3.91. The Morgan fingerprint density at radius 2 is 1.93 bits per heavy atom. The minimum atomic E-state index is -0.0468. The molecule has 84 valence electrons. The lowest BCUT2D eigenvalue weighted by Crippen LogP contribution is -2.31. The molecule has 1 aromatic rings. The molecule has 1 unspecified atom stereocenters. The quantitative estimate of drug-likeness (QED) is 0.677. The van der Waals surface area contributed by atoms with Gasteiger partial charge in [-0.25, -0.2) is 0 Å². The van der Waals surface area contributed by atoms with Gasteiger partial charge in [-0.1, -0.05) is 45.0 Å². The zero-order chi connectivity index (χ0) is 11.3. The fourth-order valence-electron chi connectivity index (χ4n) is 2.01. The number of hydrogen-bond acceptors (Lipinski definition) is 1. The van der Waals surface area contributed by atoms with Crippen LogP contribution in [0.25, 0.3) is 0 Å². The average Bonchev–Trinajstić information content (AvgIpc) is 2.32. The van der Waals surface area contributed by atoms with Gasteiger partial charge in [-0.05, 0) is 30.9 Å². The van der Waals surface area contributed by atoms with Crippen LogP contribution in [0.4, 0.5) is 0 Å². The van der Waals surface area contributed by atoms with Crippen LogP contribution < -0.4 is 0 Å². The van der Waals surface area contributed by atoms with Gasteiger partial charge < -0.3 is 4.74 Å². The molecular formula is C14H22O. The Hall–Kier alpha value is -0.820. The van der Waals surface area contributed by atoms with Crippen molar-refractivity contribution >= 4 is 0 Å². The van der Waals surface area contributed by atoms with Crippen LogP contribution >= 0.6 is 0 Å². The predicted molar refractivity (Wildman–Crippen MR) is 65.1 cm³/mol. The summed E-state index contributed by atoms with van der Waals surface area (Å²) in [5, 5.41) is 0. The molecule has 0 amide bonds. The van der Waals surface area contributed by atoms with Gasteiger partial charge in [0, 0.05) is 0 Å². The molecule has 0 bridgehead atoms. The molecular weight excluding hydrogens is 184 g/mol. The monoisotopic (exact) mass is 206 g/mol. The van der Waals surface area contributed by atoms with Crippen molar-refractivity contribution in [1.29, 1.82) is 0 Å². The molecule has 0 aliphatic carbocycles. The lowest BCUT2D eigenvalue weighted by molar-refractivity contribution is -0.0488. The fourth-order valence-corrected chi connectivity index (χ4v) is 2.01. The van der Waals surface area contributed by atoms with E-state index in [-0.39, 0.29) is 5.60 Å². The zero-order valence-electron chi connectivity index (χ0n) is 10.3. The molecule has 0 saturated carbocycles. The van der Waals surface area contributed by atoms with E-state index in [1.54, 1.807) is 0 Å². The minimum absolute atomic E-state index is 0.0468. The molecule has 0 saturated heterocycles. The molecule has 0 aromatic heterocycles. The van der Waals surface area contributed by atoms with Crippen LogP contribution in [0.1, 0.15) is 45.2 Å². The number of hydrogen-bond donors (Lipinski definition) is 0. The van der Waals surface area contributed by atoms with Crippen molar-refractivity contribution in [2.45, 2.75) is 46.1 Å². The van der Waals surface area contributed by atoms with E-state index in [0.717, 1.165) is 19.4 Å². The van der Waals surface area contributed by atoms with Crippen LogP contribution in [-0.2, 0) is 16.8 Å². The summed E-state index contributed by atoms with van der Waals surface area (Å²) in [5.41, 5.74) is 2.79. The number of fused-ring (bicyclic) bond motifs is 1. The molecule has 0 spiro atoms. The van der Waals surface area contributed by atoms with Gasteiger partial charge in [0.15, 0.2) is 0 Å². The van der Waals surface area contributed by atoms with E-state index in [4.69, 9.17) is 4.74 Å². The first kappa shape index (κ1) is 12.3. The molecule has 15 heavy (non-hydrogen) atoms. The first-order valence-electron chi connectivity index (χ1n) is 5.98. The highest BCUT2D eigenvalue weighted by Gasteiger charge is 2.30. The molecule has 2 rings (SSSR count). The molecule has 1 atom stereocenters. The minimum Gasteiger partial charge on any atom is -0.370 e. The standard InChI is InChI=1S/C12H16O.C2H6/c1-3-12(2)11-7-5-4-6-10(11)8-9-13-12;1-2/h4-7H,3,8-9H2,1-2H3;1-2H3. The highest BCUT2D eigenvalue weighted by Crippen LogP contribution is 2.34. The van der Waals surface area contributed by atoms with E-state index in [1.165, 1.54) is 11.1 Å². The smallest absolute Gasteiger partial charge is 0.0903 e. The Morgan fingerprint density at radius 3 is 2.60 bits per heavy atom. The molecule has 1 heterocycles. The average molecular weight is 206 g/mol. The van der Waals surface area contributed by atoms with Gasteiger partial charge in [-0.3, -0.25) is 0 Å². The Morgan fingerprint density at radius 1 is 1.27 bits per heavy atom. The Balaban J connectivity index is 0.000000531. The highest BCUT2D eigenvalue weighted by molar-refractivity contribution is 5.33.